The van der Waals surface area contributed by atoms with Crippen LogP contribution in [0.2, 0.25) is 0 Å². The number of halogens is 2. The predicted octanol–water partition coefficient (Wildman–Crippen LogP) is 2.98. The summed E-state index contributed by atoms with van der Waals surface area (Å²) < 4.78 is 40.2. The molecule has 1 heterocycles. The number of aromatic nitrogens is 1. The molecule has 1 aliphatic rings. The van der Waals surface area contributed by atoms with Crippen molar-refractivity contribution in [2.75, 3.05) is 13.4 Å². The van der Waals surface area contributed by atoms with E-state index in [1.54, 1.807) is 24.3 Å². The summed E-state index contributed by atoms with van der Waals surface area (Å²) in [6.07, 6.45) is 3.48. The molecule has 144 valence electrons. The van der Waals surface area contributed by atoms with Crippen LogP contribution in [-0.4, -0.2) is 30.4 Å². The Morgan fingerprint density at radius 3 is 2.65 bits per heavy atom. The molecule has 0 aliphatic heterocycles. The van der Waals surface area contributed by atoms with Gasteiger partial charge >= 0.3 is 0 Å². The molecule has 0 amide bonds. The second kappa shape index (κ2) is 8.98. The number of nitrogens with one attached hydrogen (secondary N) is 1. The SMILES string of the molecule is CO/C(N)=C(/C=C(\N)c1cccc(OC2CCC(F)(F)CC2)n1)NSC. The summed E-state index contributed by atoms with van der Waals surface area (Å²) in [5, 5.41) is 0. The molecule has 0 aromatic carbocycles. The Morgan fingerprint density at radius 2 is 2.04 bits per heavy atom. The van der Waals surface area contributed by atoms with Gasteiger partial charge in [0.05, 0.1) is 18.5 Å². The number of alkyl halides is 2. The third-order valence-electron chi connectivity index (χ3n) is 3.97. The Balaban J connectivity index is 2.11. The molecular weight excluding hydrogens is 362 g/mol. The number of nitrogens with zero attached hydrogens (tertiary/aromatic N) is 1. The van der Waals surface area contributed by atoms with Crippen molar-refractivity contribution in [2.24, 2.45) is 11.5 Å². The van der Waals surface area contributed by atoms with E-state index in [1.807, 2.05) is 6.26 Å². The molecular formula is C17H24F2N4O2S. The Bertz CT molecular complexity index is 672. The fourth-order valence-corrected chi connectivity index (χ4v) is 2.92. The highest BCUT2D eigenvalue weighted by atomic mass is 32.2. The van der Waals surface area contributed by atoms with E-state index in [0.717, 1.165) is 0 Å². The van der Waals surface area contributed by atoms with E-state index < -0.39 is 5.92 Å². The van der Waals surface area contributed by atoms with Gasteiger partial charge in [-0.15, -0.1) is 0 Å². The quantitative estimate of drug-likeness (QED) is 0.377. The van der Waals surface area contributed by atoms with Crippen LogP contribution in [0.15, 0.2) is 35.9 Å². The zero-order chi connectivity index (χ0) is 19.2. The van der Waals surface area contributed by atoms with Gasteiger partial charge in [0.25, 0.3) is 0 Å². The number of rotatable bonds is 7. The third kappa shape index (κ3) is 5.69. The summed E-state index contributed by atoms with van der Waals surface area (Å²) in [7, 11) is 1.46. The van der Waals surface area contributed by atoms with E-state index in [0.29, 0.717) is 35.8 Å². The van der Waals surface area contributed by atoms with Crippen molar-refractivity contribution >= 4 is 17.6 Å². The van der Waals surface area contributed by atoms with Gasteiger partial charge in [-0.1, -0.05) is 18.0 Å². The zero-order valence-corrected chi connectivity index (χ0v) is 15.6. The van der Waals surface area contributed by atoms with E-state index in [2.05, 4.69) is 9.71 Å². The second-order valence-corrected chi connectivity index (χ2v) is 6.53. The molecule has 1 aliphatic carbocycles. The topological polar surface area (TPSA) is 95.4 Å². The number of pyridine rings is 1. The minimum absolute atomic E-state index is 0.162. The van der Waals surface area contributed by atoms with Crippen LogP contribution < -0.4 is 20.9 Å². The molecule has 0 bridgehead atoms. The van der Waals surface area contributed by atoms with Crippen LogP contribution >= 0.6 is 11.9 Å². The van der Waals surface area contributed by atoms with E-state index >= 15 is 0 Å². The average Bonchev–Trinajstić information content (AvgIpc) is 2.62. The van der Waals surface area contributed by atoms with Crippen molar-refractivity contribution in [1.82, 2.24) is 9.71 Å². The molecule has 0 radical (unpaired) electrons. The van der Waals surface area contributed by atoms with Gasteiger partial charge in [-0.3, -0.25) is 0 Å². The number of methoxy groups -OCH3 is 1. The number of nitrogens with two attached hydrogens (primary N) is 2. The standard InChI is InChI=1S/C17H24F2N4O2S/c1-24-16(21)14(23-26-2)10-12(20)13-4-3-5-15(22-13)25-11-6-8-17(18,19)9-7-11/h3-5,10-11,23H,6-9,20-21H2,1-2H3/b12-10-,16-14-. The number of hydrogen-bond acceptors (Lipinski definition) is 7. The summed E-state index contributed by atoms with van der Waals surface area (Å²) in [6, 6.07) is 5.16. The number of hydrogen-bond donors (Lipinski definition) is 3. The fraction of sp³-hybridized carbons (Fsp3) is 0.471. The van der Waals surface area contributed by atoms with Crippen LogP contribution in [-0.2, 0) is 4.74 Å². The Labute approximate surface area is 156 Å². The molecule has 1 aromatic rings. The molecule has 9 heteroatoms. The summed E-state index contributed by atoms with van der Waals surface area (Å²) >= 11 is 1.34. The lowest BCUT2D eigenvalue weighted by molar-refractivity contribution is -0.0588. The molecule has 5 N–H and O–H groups in total. The van der Waals surface area contributed by atoms with E-state index in [4.69, 9.17) is 20.9 Å². The van der Waals surface area contributed by atoms with E-state index in [1.165, 1.54) is 19.1 Å². The molecule has 26 heavy (non-hydrogen) atoms. The molecule has 0 unspecified atom stereocenters. The van der Waals surface area contributed by atoms with Gasteiger partial charge in [0.1, 0.15) is 11.8 Å². The van der Waals surface area contributed by atoms with Crippen molar-refractivity contribution in [1.29, 1.82) is 0 Å². The van der Waals surface area contributed by atoms with Crippen molar-refractivity contribution in [2.45, 2.75) is 37.7 Å². The van der Waals surface area contributed by atoms with Gasteiger partial charge in [-0.2, -0.15) is 0 Å². The molecule has 0 spiro atoms. The van der Waals surface area contributed by atoms with Crippen molar-refractivity contribution in [3.63, 3.8) is 0 Å². The maximum Gasteiger partial charge on any atom is 0.248 e. The van der Waals surface area contributed by atoms with Crippen LogP contribution in [0.4, 0.5) is 8.78 Å². The second-order valence-electron chi connectivity index (χ2n) is 5.92. The van der Waals surface area contributed by atoms with Gasteiger partial charge in [-0.05, 0) is 25.0 Å². The zero-order valence-electron chi connectivity index (χ0n) is 14.8. The first-order chi connectivity index (χ1) is 12.3. The lowest BCUT2D eigenvalue weighted by Crippen LogP contribution is -2.31. The fourth-order valence-electron chi connectivity index (χ4n) is 2.54. The third-order valence-corrected chi connectivity index (χ3v) is 4.39. The van der Waals surface area contributed by atoms with Gasteiger partial charge in [0.15, 0.2) is 0 Å². The summed E-state index contributed by atoms with van der Waals surface area (Å²) in [6.45, 7) is 0. The van der Waals surface area contributed by atoms with Crippen LogP contribution in [0.25, 0.3) is 5.70 Å². The van der Waals surface area contributed by atoms with Crippen LogP contribution in [0.5, 0.6) is 5.88 Å². The van der Waals surface area contributed by atoms with Gasteiger partial charge < -0.3 is 25.7 Å². The summed E-state index contributed by atoms with van der Waals surface area (Å²) in [5.41, 5.74) is 13.3. The molecule has 0 atom stereocenters. The highest BCUT2D eigenvalue weighted by Crippen LogP contribution is 2.34. The first-order valence-electron chi connectivity index (χ1n) is 8.16. The first-order valence-corrected chi connectivity index (χ1v) is 9.39. The highest BCUT2D eigenvalue weighted by Gasteiger charge is 2.35. The minimum Gasteiger partial charge on any atom is -0.481 e. The summed E-state index contributed by atoms with van der Waals surface area (Å²) in [5.74, 6) is -2.04. The average molecular weight is 386 g/mol. The lowest BCUT2D eigenvalue weighted by atomic mass is 9.94. The molecule has 6 nitrogen and oxygen atoms in total. The normalized spacial score (nSPS) is 18.8. The van der Waals surface area contributed by atoms with Crippen molar-refractivity contribution in [3.8, 4) is 5.88 Å². The lowest BCUT2D eigenvalue weighted by Gasteiger charge is -2.28. The van der Waals surface area contributed by atoms with Crippen LogP contribution in [0, 0.1) is 0 Å². The highest BCUT2D eigenvalue weighted by molar-refractivity contribution is 7.96. The molecule has 0 saturated heterocycles. The Hall–Kier alpha value is -2.16. The smallest absolute Gasteiger partial charge is 0.248 e. The maximum atomic E-state index is 13.2. The van der Waals surface area contributed by atoms with Crippen molar-refractivity contribution < 1.29 is 18.3 Å². The van der Waals surface area contributed by atoms with E-state index in [9.17, 15) is 8.78 Å². The maximum absolute atomic E-state index is 13.2. The van der Waals surface area contributed by atoms with Crippen LogP contribution in [0.1, 0.15) is 31.4 Å². The van der Waals surface area contributed by atoms with Crippen molar-refractivity contribution in [3.05, 3.63) is 41.5 Å². The number of allylic oxidation sites excluding steroid dienone is 1. The molecule has 2 rings (SSSR count). The minimum atomic E-state index is -2.59. The Morgan fingerprint density at radius 1 is 1.35 bits per heavy atom. The van der Waals surface area contributed by atoms with E-state index in [-0.39, 0.29) is 24.8 Å². The summed E-state index contributed by atoms with van der Waals surface area (Å²) in [4.78, 5) is 4.36. The van der Waals surface area contributed by atoms with Crippen LogP contribution in [0.3, 0.4) is 0 Å². The Kier molecular flexibility index (Phi) is 6.96. The molecule has 1 fully saturated rings. The largest absolute Gasteiger partial charge is 0.481 e. The predicted molar refractivity (Wildman–Crippen MR) is 99.1 cm³/mol. The molecule has 1 saturated carbocycles. The first kappa shape index (κ1) is 20.2. The van der Waals surface area contributed by atoms with Gasteiger partial charge in [-0.25, -0.2) is 13.8 Å². The monoisotopic (exact) mass is 386 g/mol. The van der Waals surface area contributed by atoms with Gasteiger partial charge in [0.2, 0.25) is 17.7 Å². The molecule has 1 aromatic heterocycles. The van der Waals surface area contributed by atoms with Gasteiger partial charge in [0, 0.05) is 25.2 Å². The number of ether oxygens (including phenoxy) is 2.